The number of hydrogen-bond donors (Lipinski definition) is 8. The molecule has 3 atom stereocenters. The molecular weight excluding hydrogens is 426 g/mol. The zero-order valence-electron chi connectivity index (χ0n) is 18.2. The summed E-state index contributed by atoms with van der Waals surface area (Å²) < 4.78 is 0. The van der Waals surface area contributed by atoms with Crippen LogP contribution in [0.1, 0.15) is 39.5 Å². The zero-order chi connectivity index (χ0) is 24.8. The van der Waals surface area contributed by atoms with Crippen molar-refractivity contribution in [3.05, 3.63) is 0 Å². The molecule has 0 unspecified atom stereocenters. The van der Waals surface area contributed by atoms with Crippen LogP contribution in [0.15, 0.2) is 4.99 Å². The minimum absolute atomic E-state index is 0.0390. The number of amides is 3. The highest BCUT2D eigenvalue weighted by Crippen LogP contribution is 2.07. The number of nitrogens with zero attached hydrogens (tertiary/aromatic N) is 1. The Hall–Kier alpha value is -3.42. The smallest absolute Gasteiger partial charge is 0.322 e. The molecule has 0 heterocycles. The first kappa shape index (κ1) is 28.6. The van der Waals surface area contributed by atoms with Crippen LogP contribution in [0, 0.1) is 5.92 Å². The van der Waals surface area contributed by atoms with Gasteiger partial charge in [-0.3, -0.25) is 29.0 Å². The Kier molecular flexibility index (Phi) is 13.0. The monoisotopic (exact) mass is 459 g/mol. The number of hydrogen-bond acceptors (Lipinski definition) is 7. The van der Waals surface area contributed by atoms with Gasteiger partial charge in [0.2, 0.25) is 17.7 Å². The van der Waals surface area contributed by atoms with Crippen molar-refractivity contribution >= 4 is 35.6 Å². The van der Waals surface area contributed by atoms with Crippen LogP contribution in [0.3, 0.4) is 0 Å². The SMILES string of the molecule is CC(C)C[C@H](NC(=O)[C@@H](N)CCCN=C(N)N)C(=O)N[C@@H](CC(=O)O)C(=O)NCC(=O)O. The Balaban J connectivity index is 5.16. The normalized spacial score (nSPS) is 13.4. The first-order chi connectivity index (χ1) is 14.8. The summed E-state index contributed by atoms with van der Waals surface area (Å²) in [5.41, 5.74) is 16.3. The molecule has 32 heavy (non-hydrogen) atoms. The summed E-state index contributed by atoms with van der Waals surface area (Å²) in [6, 6.07) is -3.56. The lowest BCUT2D eigenvalue weighted by atomic mass is 10.0. The molecule has 3 amide bonds. The van der Waals surface area contributed by atoms with Gasteiger partial charge in [-0.25, -0.2) is 0 Å². The van der Waals surface area contributed by atoms with Gasteiger partial charge in [0, 0.05) is 6.54 Å². The van der Waals surface area contributed by atoms with E-state index in [1.54, 1.807) is 13.8 Å². The van der Waals surface area contributed by atoms with E-state index in [-0.39, 0.29) is 31.3 Å². The minimum atomic E-state index is -1.53. The van der Waals surface area contributed by atoms with E-state index in [1.165, 1.54) is 0 Å². The second-order valence-corrected chi connectivity index (χ2v) is 7.52. The third-order valence-corrected chi connectivity index (χ3v) is 4.07. The largest absolute Gasteiger partial charge is 0.481 e. The van der Waals surface area contributed by atoms with Crippen LogP contribution in [0.2, 0.25) is 0 Å². The molecule has 0 aromatic heterocycles. The maximum absolute atomic E-state index is 12.7. The summed E-state index contributed by atoms with van der Waals surface area (Å²) in [5, 5.41) is 24.4. The molecule has 0 bridgehead atoms. The van der Waals surface area contributed by atoms with Gasteiger partial charge in [-0.15, -0.1) is 0 Å². The standard InChI is InChI=1S/C18H33N7O7/c1-9(2)6-11(24-15(30)10(19)4-3-5-22-18(20)21)17(32)25-12(7-13(26)27)16(31)23-8-14(28)29/h9-12H,3-8,19H2,1-2H3,(H,23,31)(H,24,30)(H,25,32)(H,26,27)(H,28,29)(H4,20,21,22)/t10-,11-,12-/m0/s1. The second-order valence-electron chi connectivity index (χ2n) is 7.52. The topological polar surface area (TPSA) is 252 Å². The Morgan fingerprint density at radius 1 is 0.906 bits per heavy atom. The number of carbonyl (C=O) groups is 5. The molecule has 0 saturated heterocycles. The van der Waals surface area contributed by atoms with E-state index in [1.807, 2.05) is 5.32 Å². The minimum Gasteiger partial charge on any atom is -0.481 e. The highest BCUT2D eigenvalue weighted by molar-refractivity contribution is 5.95. The number of carboxylic acid groups (broad SMARTS) is 2. The molecule has 0 aromatic rings. The van der Waals surface area contributed by atoms with Crippen molar-refractivity contribution in [1.82, 2.24) is 16.0 Å². The van der Waals surface area contributed by atoms with Crippen LogP contribution in [0.4, 0.5) is 0 Å². The van der Waals surface area contributed by atoms with Gasteiger partial charge < -0.3 is 43.4 Å². The summed E-state index contributed by atoms with van der Waals surface area (Å²) in [7, 11) is 0. The number of carboxylic acids is 2. The Morgan fingerprint density at radius 2 is 1.50 bits per heavy atom. The van der Waals surface area contributed by atoms with Crippen molar-refractivity contribution in [3.63, 3.8) is 0 Å². The van der Waals surface area contributed by atoms with Crippen LogP contribution in [-0.2, 0) is 24.0 Å². The van der Waals surface area contributed by atoms with E-state index in [0.29, 0.717) is 6.42 Å². The average Bonchev–Trinajstić information content (AvgIpc) is 2.67. The third kappa shape index (κ3) is 13.0. The first-order valence-corrected chi connectivity index (χ1v) is 9.96. The predicted molar refractivity (Wildman–Crippen MR) is 114 cm³/mol. The number of nitrogens with one attached hydrogen (secondary N) is 3. The van der Waals surface area contributed by atoms with Crippen LogP contribution >= 0.6 is 0 Å². The van der Waals surface area contributed by atoms with Crippen LogP contribution in [0.25, 0.3) is 0 Å². The molecule has 0 aliphatic heterocycles. The van der Waals surface area contributed by atoms with E-state index in [2.05, 4.69) is 15.6 Å². The lowest BCUT2D eigenvalue weighted by Gasteiger charge is -2.24. The lowest BCUT2D eigenvalue weighted by molar-refractivity contribution is -0.141. The lowest BCUT2D eigenvalue weighted by Crippen LogP contribution is -2.56. The summed E-state index contributed by atoms with van der Waals surface area (Å²) in [4.78, 5) is 62.7. The molecule has 0 aromatic carbocycles. The van der Waals surface area contributed by atoms with Gasteiger partial charge in [-0.1, -0.05) is 13.8 Å². The number of nitrogens with two attached hydrogens (primary N) is 3. The molecule has 182 valence electrons. The molecule has 0 radical (unpaired) electrons. The molecule has 0 aliphatic carbocycles. The van der Waals surface area contributed by atoms with E-state index in [9.17, 15) is 24.0 Å². The van der Waals surface area contributed by atoms with Gasteiger partial charge in [-0.2, -0.15) is 0 Å². The van der Waals surface area contributed by atoms with Gasteiger partial charge in [-0.05, 0) is 25.2 Å². The molecule has 14 heteroatoms. The Labute approximate surface area is 185 Å². The van der Waals surface area contributed by atoms with E-state index < -0.39 is 60.8 Å². The molecule has 0 spiro atoms. The molecule has 11 N–H and O–H groups in total. The van der Waals surface area contributed by atoms with Crippen LogP contribution in [0.5, 0.6) is 0 Å². The fourth-order valence-electron chi connectivity index (χ4n) is 2.57. The average molecular weight is 460 g/mol. The Bertz CT molecular complexity index is 708. The maximum Gasteiger partial charge on any atom is 0.322 e. The highest BCUT2D eigenvalue weighted by Gasteiger charge is 2.30. The van der Waals surface area contributed by atoms with Crippen molar-refractivity contribution in [2.75, 3.05) is 13.1 Å². The summed E-state index contributed by atoms with van der Waals surface area (Å²) in [6.07, 6.45) is 0.0918. The molecule has 0 fully saturated rings. The van der Waals surface area contributed by atoms with Crippen molar-refractivity contribution in [2.45, 2.75) is 57.7 Å². The number of aliphatic carboxylic acids is 2. The summed E-state index contributed by atoms with van der Waals surface area (Å²) >= 11 is 0. The Morgan fingerprint density at radius 3 is 2.00 bits per heavy atom. The number of carbonyl (C=O) groups excluding carboxylic acids is 3. The van der Waals surface area contributed by atoms with Gasteiger partial charge in [0.25, 0.3) is 0 Å². The number of rotatable bonds is 15. The van der Waals surface area contributed by atoms with Gasteiger partial charge in [0.1, 0.15) is 18.6 Å². The fourth-order valence-corrected chi connectivity index (χ4v) is 2.57. The van der Waals surface area contributed by atoms with Gasteiger partial charge >= 0.3 is 11.9 Å². The van der Waals surface area contributed by atoms with E-state index >= 15 is 0 Å². The van der Waals surface area contributed by atoms with Gasteiger partial charge in [0.15, 0.2) is 5.96 Å². The zero-order valence-corrected chi connectivity index (χ0v) is 18.2. The second kappa shape index (κ2) is 14.6. The molecule has 14 nitrogen and oxygen atoms in total. The first-order valence-electron chi connectivity index (χ1n) is 9.96. The van der Waals surface area contributed by atoms with E-state index in [4.69, 9.17) is 27.4 Å². The quantitative estimate of drug-likeness (QED) is 0.0702. The molecular formula is C18H33N7O7. The number of guanidine groups is 1. The molecule has 0 rings (SSSR count). The predicted octanol–water partition coefficient (Wildman–Crippen LogP) is -2.94. The van der Waals surface area contributed by atoms with Crippen molar-refractivity contribution in [1.29, 1.82) is 0 Å². The number of aliphatic imine (C=N–C) groups is 1. The maximum atomic E-state index is 12.7. The molecule has 0 aliphatic rings. The van der Waals surface area contributed by atoms with Gasteiger partial charge in [0.05, 0.1) is 12.5 Å². The van der Waals surface area contributed by atoms with Crippen molar-refractivity contribution in [3.8, 4) is 0 Å². The van der Waals surface area contributed by atoms with Crippen molar-refractivity contribution in [2.24, 2.45) is 28.1 Å². The highest BCUT2D eigenvalue weighted by atomic mass is 16.4. The van der Waals surface area contributed by atoms with E-state index in [0.717, 1.165) is 0 Å². The summed E-state index contributed by atoms with van der Waals surface area (Å²) in [6.45, 7) is 3.14. The third-order valence-electron chi connectivity index (χ3n) is 4.07. The van der Waals surface area contributed by atoms with Crippen LogP contribution in [-0.4, -0.2) is 77.0 Å². The summed E-state index contributed by atoms with van der Waals surface area (Å²) in [5.74, 6) is -5.22. The van der Waals surface area contributed by atoms with Crippen molar-refractivity contribution < 1.29 is 34.2 Å². The molecule has 0 saturated carbocycles. The fraction of sp³-hybridized carbons (Fsp3) is 0.667. The van der Waals surface area contributed by atoms with Crippen LogP contribution < -0.4 is 33.2 Å².